The molecule has 6 unspecified atom stereocenters. The summed E-state index contributed by atoms with van der Waals surface area (Å²) in [5.41, 5.74) is 5.30. The van der Waals surface area contributed by atoms with Crippen LogP contribution in [0.2, 0.25) is 0 Å². The van der Waals surface area contributed by atoms with Crippen LogP contribution in [0.5, 0.6) is 0 Å². The maximum Gasteiger partial charge on any atom is 0.410 e. The topological polar surface area (TPSA) is 130 Å². The molecule has 1 aromatic rings. The molecule has 0 aromatic carbocycles. The fraction of sp³-hybridized carbons (Fsp3) is 0.792. The van der Waals surface area contributed by atoms with Crippen molar-refractivity contribution in [1.82, 2.24) is 30.2 Å². The van der Waals surface area contributed by atoms with Crippen LogP contribution in [-0.4, -0.2) is 107 Å². The summed E-state index contributed by atoms with van der Waals surface area (Å²) >= 11 is 0. The van der Waals surface area contributed by atoms with E-state index in [1.807, 2.05) is 0 Å². The molecule has 1 aromatic heterocycles. The molecule has 6 rings (SSSR count). The van der Waals surface area contributed by atoms with Crippen molar-refractivity contribution in [3.8, 4) is 0 Å². The van der Waals surface area contributed by atoms with Crippen molar-refractivity contribution in [3.05, 3.63) is 5.56 Å². The van der Waals surface area contributed by atoms with Crippen molar-refractivity contribution in [2.24, 2.45) is 11.8 Å². The van der Waals surface area contributed by atoms with Crippen molar-refractivity contribution in [2.45, 2.75) is 69.2 Å². The highest BCUT2D eigenvalue weighted by molar-refractivity contribution is 6.03. The number of piperidine rings is 1. The molecule has 5 aliphatic rings. The predicted octanol–water partition coefficient (Wildman–Crippen LogP) is 0.578. The van der Waals surface area contributed by atoms with E-state index in [-0.39, 0.29) is 61.1 Å². The molecule has 5 heterocycles. The predicted molar refractivity (Wildman–Crippen MR) is 132 cm³/mol. The number of amides is 2. The second-order valence-electron chi connectivity index (χ2n) is 11.2. The van der Waals surface area contributed by atoms with Gasteiger partial charge in [-0.3, -0.25) is 14.6 Å². The highest BCUT2D eigenvalue weighted by Crippen LogP contribution is 2.49. The smallest absolute Gasteiger partial charge is 0.410 e. The molecule has 8 atom stereocenters. The molecule has 2 amide bonds. The first-order chi connectivity index (χ1) is 17.7. The normalized spacial score (nSPS) is 39.4. The van der Waals surface area contributed by atoms with Crippen LogP contribution in [0.25, 0.3) is 0 Å². The van der Waals surface area contributed by atoms with Crippen molar-refractivity contribution in [1.29, 1.82) is 0 Å². The average molecular weight is 523 g/mol. The molecule has 1 saturated carbocycles. The molecule has 1 aliphatic carbocycles. The number of cyclic esters (lactones) is 1. The molecular weight excluding hydrogens is 486 g/mol. The van der Waals surface area contributed by atoms with E-state index in [9.17, 15) is 14.0 Å². The summed E-state index contributed by atoms with van der Waals surface area (Å²) in [7, 11) is 0. The third-order valence-corrected chi connectivity index (χ3v) is 9.39. The monoisotopic (exact) mass is 522 g/mol. The number of nitrogens with two attached hydrogens (primary N) is 1. The van der Waals surface area contributed by atoms with Crippen LogP contribution in [0.15, 0.2) is 0 Å². The Morgan fingerprint density at radius 1 is 1.30 bits per heavy atom. The maximum absolute atomic E-state index is 16.8. The van der Waals surface area contributed by atoms with Gasteiger partial charge in [-0.1, -0.05) is 20.3 Å². The largest absolute Gasteiger partial charge is 0.447 e. The number of rotatable bonds is 4. The molecule has 4 aliphatic heterocycles. The van der Waals surface area contributed by atoms with Gasteiger partial charge in [0.15, 0.2) is 5.82 Å². The molecule has 13 heteroatoms. The van der Waals surface area contributed by atoms with Crippen LogP contribution < -0.4 is 21.7 Å². The fourth-order valence-corrected chi connectivity index (χ4v) is 7.65. The van der Waals surface area contributed by atoms with Gasteiger partial charge in [0.1, 0.15) is 30.3 Å². The Kier molecular flexibility index (Phi) is 5.98. The van der Waals surface area contributed by atoms with Crippen LogP contribution in [0.3, 0.4) is 0 Å². The van der Waals surface area contributed by atoms with E-state index >= 15 is 4.39 Å². The first kappa shape index (κ1) is 24.7. The van der Waals surface area contributed by atoms with Gasteiger partial charge in [0.25, 0.3) is 5.91 Å². The van der Waals surface area contributed by atoms with E-state index in [1.165, 1.54) is 4.68 Å². The van der Waals surface area contributed by atoms with Gasteiger partial charge in [-0.05, 0) is 18.3 Å². The lowest BCUT2D eigenvalue weighted by Crippen LogP contribution is -2.83. The van der Waals surface area contributed by atoms with Crippen molar-refractivity contribution in [2.75, 3.05) is 50.4 Å². The van der Waals surface area contributed by atoms with Gasteiger partial charge in [-0.2, -0.15) is 5.10 Å². The number of piperazine rings is 1. The summed E-state index contributed by atoms with van der Waals surface area (Å²) < 4.78 is 37.3. The number of aromatic nitrogens is 2. The lowest BCUT2D eigenvalue weighted by atomic mass is 9.59. The number of alkyl halides is 2. The summed E-state index contributed by atoms with van der Waals surface area (Å²) in [6.45, 7) is 6.38. The highest BCUT2D eigenvalue weighted by Gasteiger charge is 2.64. The summed E-state index contributed by atoms with van der Waals surface area (Å²) in [5.74, 6) is 0.0882. The van der Waals surface area contributed by atoms with Crippen LogP contribution in [0.4, 0.5) is 25.2 Å². The third-order valence-electron chi connectivity index (χ3n) is 9.39. The fourth-order valence-electron chi connectivity index (χ4n) is 7.65. The maximum atomic E-state index is 16.8. The number of hydrogen-bond donors (Lipinski definition) is 4. The molecule has 5 N–H and O–H groups in total. The third kappa shape index (κ3) is 3.60. The number of nitrogen functional groups attached to an aromatic ring is 1. The zero-order valence-electron chi connectivity index (χ0n) is 21.3. The van der Waals surface area contributed by atoms with Crippen molar-refractivity contribution < 1.29 is 23.1 Å². The Hall–Kier alpha value is -2.67. The number of nitrogens with zero attached hydrogens (tertiary/aromatic N) is 4. The van der Waals surface area contributed by atoms with E-state index in [2.05, 4.69) is 39.8 Å². The van der Waals surface area contributed by atoms with Gasteiger partial charge in [-0.15, -0.1) is 0 Å². The molecule has 204 valence electrons. The first-order valence-electron chi connectivity index (χ1n) is 13.4. The van der Waals surface area contributed by atoms with E-state index in [1.54, 1.807) is 4.90 Å². The van der Waals surface area contributed by atoms with Crippen molar-refractivity contribution in [3.63, 3.8) is 0 Å². The summed E-state index contributed by atoms with van der Waals surface area (Å²) in [5, 5.41) is 13.6. The Bertz CT molecular complexity index is 1090. The van der Waals surface area contributed by atoms with Crippen LogP contribution in [0, 0.1) is 11.8 Å². The minimum atomic E-state index is -1.23. The van der Waals surface area contributed by atoms with Crippen LogP contribution in [0.1, 0.15) is 37.0 Å². The molecule has 37 heavy (non-hydrogen) atoms. The van der Waals surface area contributed by atoms with Gasteiger partial charge in [-0.25, -0.2) is 18.3 Å². The first-order valence-corrected chi connectivity index (χ1v) is 13.4. The molecule has 4 fully saturated rings. The second-order valence-corrected chi connectivity index (χ2v) is 11.2. The molecule has 0 radical (unpaired) electrons. The van der Waals surface area contributed by atoms with Crippen LogP contribution in [-0.2, 0) is 11.3 Å². The average Bonchev–Trinajstić information content (AvgIpc) is 3.40. The number of carbonyl (C=O) groups excluding carboxylic acids is 2. The Labute approximate surface area is 214 Å². The second kappa shape index (κ2) is 8.97. The van der Waals surface area contributed by atoms with E-state index in [0.717, 1.165) is 12.8 Å². The van der Waals surface area contributed by atoms with Crippen molar-refractivity contribution >= 4 is 23.6 Å². The lowest BCUT2D eigenvalue weighted by Gasteiger charge is -2.63. The summed E-state index contributed by atoms with van der Waals surface area (Å²) in [4.78, 5) is 29.7. The number of hydrogen-bond acceptors (Lipinski definition) is 8. The number of ether oxygens (including phenoxy) is 1. The van der Waals surface area contributed by atoms with Gasteiger partial charge in [0.2, 0.25) is 0 Å². The molecular formula is C24H36F2N8O3. The zero-order chi connectivity index (χ0) is 26.1. The Balaban J connectivity index is 1.34. The lowest BCUT2D eigenvalue weighted by molar-refractivity contribution is -0.138. The number of nitrogens with one attached hydrogen (secondary N) is 3. The Morgan fingerprint density at radius 3 is 2.89 bits per heavy atom. The van der Waals surface area contributed by atoms with Gasteiger partial charge >= 0.3 is 6.09 Å². The van der Waals surface area contributed by atoms with Gasteiger partial charge < -0.3 is 26.4 Å². The molecule has 0 spiro atoms. The van der Waals surface area contributed by atoms with E-state index < -0.39 is 29.8 Å². The van der Waals surface area contributed by atoms with Gasteiger partial charge in [0.05, 0.1) is 24.2 Å². The quantitative estimate of drug-likeness (QED) is 0.452. The zero-order valence-corrected chi connectivity index (χ0v) is 21.3. The Morgan fingerprint density at radius 2 is 2.11 bits per heavy atom. The molecule has 3 saturated heterocycles. The number of fused-ring (bicyclic) bond motifs is 4. The minimum Gasteiger partial charge on any atom is -0.447 e. The standard InChI is InChI=1S/C24H36F2N8O3/c1-3-13-6-12(2)24(32-4-5-33-15(10-32)11-37-23(33)36)16(8-28-18(13)19(24)26)30-22(35)17-20(27)31-34-9-14(25)7-29-21(17)34/h12-16,18-19,28-29H,3-11H2,1-2H3,(H2,27,31)(H,30,35)/t12?,13-,14?,15-,16?,18?,19?,24?/m0/s1. The van der Waals surface area contributed by atoms with E-state index in [4.69, 9.17) is 10.5 Å². The summed E-state index contributed by atoms with van der Waals surface area (Å²) in [6.07, 6.45) is -0.981. The number of carbonyl (C=O) groups is 2. The van der Waals surface area contributed by atoms with Crippen LogP contribution >= 0.6 is 0 Å². The molecule has 2 bridgehead atoms. The highest BCUT2D eigenvalue weighted by atomic mass is 19.1. The van der Waals surface area contributed by atoms with Gasteiger partial charge in [0, 0.05) is 38.8 Å². The number of halogens is 2. The SMILES string of the molecule is CC[C@H]1CC(C)C2(N3CCN4C(=O)OC[C@@H]4C3)C(NC(=O)c3c(N)nn4c3NCC(F)C4)CNC1C2F. The minimum absolute atomic E-state index is 0.0135. The molecule has 11 nitrogen and oxygen atoms in total. The van der Waals surface area contributed by atoms with E-state index in [0.29, 0.717) is 32.0 Å². The summed E-state index contributed by atoms with van der Waals surface area (Å²) in [6, 6.07) is -1.01. The number of anilines is 2.